The fraction of sp³-hybridized carbons (Fsp3) is 0.250. The van der Waals surface area contributed by atoms with Crippen LogP contribution in [0.4, 0.5) is 5.69 Å². The highest BCUT2D eigenvalue weighted by Crippen LogP contribution is 2.28. The molecule has 2 aromatic rings. The van der Waals surface area contributed by atoms with Gasteiger partial charge in [0, 0.05) is 10.6 Å². The Bertz CT molecular complexity index is 933. The van der Waals surface area contributed by atoms with E-state index in [1.165, 1.54) is 39.5 Å². The van der Waals surface area contributed by atoms with Crippen molar-refractivity contribution in [1.82, 2.24) is 5.32 Å². The monoisotopic (exact) mass is 436 g/mol. The minimum Gasteiger partial charge on any atom is -0.495 e. The molecule has 0 aliphatic carbocycles. The molecule has 30 heavy (non-hydrogen) atoms. The third kappa shape index (κ3) is 6.28. The average molecular weight is 437 g/mol. The maximum atomic E-state index is 12.2. The van der Waals surface area contributed by atoms with Crippen molar-refractivity contribution < 1.29 is 33.3 Å². The highest BCUT2D eigenvalue weighted by atomic mass is 35.5. The van der Waals surface area contributed by atoms with Gasteiger partial charge in [0.1, 0.15) is 12.3 Å². The van der Waals surface area contributed by atoms with Crippen molar-refractivity contribution in [2.24, 2.45) is 0 Å². The zero-order valence-corrected chi connectivity index (χ0v) is 17.4. The van der Waals surface area contributed by atoms with Gasteiger partial charge in [0.15, 0.2) is 18.1 Å². The van der Waals surface area contributed by atoms with Gasteiger partial charge in [0.05, 0.1) is 27.0 Å². The van der Waals surface area contributed by atoms with Gasteiger partial charge in [-0.05, 0) is 36.4 Å². The molecule has 2 aromatic carbocycles. The lowest BCUT2D eigenvalue weighted by Gasteiger charge is -2.11. The van der Waals surface area contributed by atoms with E-state index in [0.29, 0.717) is 28.0 Å². The van der Waals surface area contributed by atoms with E-state index < -0.39 is 30.9 Å². The number of esters is 1. The van der Waals surface area contributed by atoms with Gasteiger partial charge in [0.25, 0.3) is 11.8 Å². The third-order valence-electron chi connectivity index (χ3n) is 3.84. The van der Waals surface area contributed by atoms with Crippen LogP contribution in [0.1, 0.15) is 10.4 Å². The molecule has 0 saturated carbocycles. The predicted octanol–water partition coefficient (Wildman–Crippen LogP) is 2.28. The first-order valence-corrected chi connectivity index (χ1v) is 9.05. The molecule has 0 bridgehead atoms. The quantitative estimate of drug-likeness (QED) is 0.580. The summed E-state index contributed by atoms with van der Waals surface area (Å²) in [5.74, 6) is -0.633. The molecule has 0 atom stereocenters. The van der Waals surface area contributed by atoms with Crippen molar-refractivity contribution in [3.63, 3.8) is 0 Å². The second kappa shape index (κ2) is 10.9. The van der Waals surface area contributed by atoms with E-state index in [2.05, 4.69) is 10.6 Å². The van der Waals surface area contributed by atoms with Crippen molar-refractivity contribution in [3.05, 3.63) is 47.0 Å². The SMILES string of the molecule is COc1ccc(Cl)cc1NC(=O)COC(=O)CNC(=O)c1ccc(OC)c(OC)c1. The number of halogens is 1. The smallest absolute Gasteiger partial charge is 0.325 e. The minimum atomic E-state index is -0.781. The van der Waals surface area contributed by atoms with Crippen LogP contribution >= 0.6 is 11.6 Å². The van der Waals surface area contributed by atoms with Crippen LogP contribution in [0, 0.1) is 0 Å². The summed E-state index contributed by atoms with van der Waals surface area (Å²) in [7, 11) is 4.37. The van der Waals surface area contributed by atoms with Crippen LogP contribution in [-0.4, -0.2) is 52.3 Å². The van der Waals surface area contributed by atoms with Crippen LogP contribution in [0.2, 0.25) is 5.02 Å². The summed E-state index contributed by atoms with van der Waals surface area (Å²) in [6.07, 6.45) is 0. The molecular formula is C20H21ClN2O7. The molecule has 0 unspecified atom stereocenters. The Balaban J connectivity index is 1.83. The van der Waals surface area contributed by atoms with E-state index >= 15 is 0 Å². The molecule has 0 aliphatic heterocycles. The van der Waals surface area contributed by atoms with Gasteiger partial charge in [-0.15, -0.1) is 0 Å². The van der Waals surface area contributed by atoms with Crippen molar-refractivity contribution >= 4 is 35.1 Å². The topological polar surface area (TPSA) is 112 Å². The number of benzene rings is 2. The Morgan fingerprint density at radius 3 is 2.23 bits per heavy atom. The lowest BCUT2D eigenvalue weighted by atomic mass is 10.2. The van der Waals surface area contributed by atoms with Gasteiger partial charge in [-0.3, -0.25) is 14.4 Å². The molecule has 2 rings (SSSR count). The van der Waals surface area contributed by atoms with Crippen LogP contribution in [0.15, 0.2) is 36.4 Å². The Morgan fingerprint density at radius 2 is 1.57 bits per heavy atom. The van der Waals surface area contributed by atoms with Crippen molar-refractivity contribution in [2.75, 3.05) is 39.8 Å². The minimum absolute atomic E-state index is 0.270. The molecule has 0 aliphatic rings. The van der Waals surface area contributed by atoms with Crippen molar-refractivity contribution in [2.45, 2.75) is 0 Å². The highest BCUT2D eigenvalue weighted by Gasteiger charge is 2.14. The van der Waals surface area contributed by atoms with Gasteiger partial charge in [-0.2, -0.15) is 0 Å². The van der Waals surface area contributed by atoms with Crippen molar-refractivity contribution in [3.8, 4) is 17.2 Å². The predicted molar refractivity (Wildman–Crippen MR) is 109 cm³/mol. The second-order valence-electron chi connectivity index (χ2n) is 5.81. The molecule has 0 fully saturated rings. The molecule has 0 radical (unpaired) electrons. The van der Waals surface area contributed by atoms with E-state index in [4.69, 9.17) is 30.5 Å². The van der Waals surface area contributed by atoms with Gasteiger partial charge in [-0.1, -0.05) is 11.6 Å². The molecule has 0 aromatic heterocycles. The third-order valence-corrected chi connectivity index (χ3v) is 4.07. The van der Waals surface area contributed by atoms with Gasteiger partial charge >= 0.3 is 5.97 Å². The van der Waals surface area contributed by atoms with Crippen LogP contribution in [0.25, 0.3) is 0 Å². The lowest BCUT2D eigenvalue weighted by Crippen LogP contribution is -2.32. The largest absolute Gasteiger partial charge is 0.495 e. The first-order valence-electron chi connectivity index (χ1n) is 8.67. The second-order valence-corrected chi connectivity index (χ2v) is 6.24. The van der Waals surface area contributed by atoms with Crippen LogP contribution in [0.5, 0.6) is 17.2 Å². The van der Waals surface area contributed by atoms with Crippen LogP contribution in [0.3, 0.4) is 0 Å². The lowest BCUT2D eigenvalue weighted by molar-refractivity contribution is -0.146. The number of carbonyl (C=O) groups excluding carboxylic acids is 3. The summed E-state index contributed by atoms with van der Waals surface area (Å²) in [5.41, 5.74) is 0.610. The van der Waals surface area contributed by atoms with Crippen molar-refractivity contribution in [1.29, 1.82) is 0 Å². The Kier molecular flexibility index (Phi) is 8.30. The summed E-state index contributed by atoms with van der Waals surface area (Å²) < 4.78 is 20.2. The van der Waals surface area contributed by atoms with E-state index in [9.17, 15) is 14.4 Å². The first-order chi connectivity index (χ1) is 14.4. The van der Waals surface area contributed by atoms with Crippen LogP contribution in [-0.2, 0) is 14.3 Å². The van der Waals surface area contributed by atoms with E-state index in [0.717, 1.165) is 0 Å². The number of methoxy groups -OCH3 is 3. The molecule has 9 nitrogen and oxygen atoms in total. The molecule has 2 amide bonds. The normalized spacial score (nSPS) is 10.0. The number of anilines is 1. The average Bonchev–Trinajstić information content (AvgIpc) is 2.75. The van der Waals surface area contributed by atoms with E-state index in [1.807, 2.05) is 0 Å². The molecule has 0 saturated heterocycles. The maximum Gasteiger partial charge on any atom is 0.325 e. The van der Waals surface area contributed by atoms with E-state index in [-0.39, 0.29) is 5.56 Å². The highest BCUT2D eigenvalue weighted by molar-refractivity contribution is 6.31. The summed E-state index contributed by atoms with van der Waals surface area (Å²) in [5, 5.41) is 5.34. The van der Waals surface area contributed by atoms with E-state index in [1.54, 1.807) is 18.2 Å². The number of carbonyl (C=O) groups is 3. The van der Waals surface area contributed by atoms with Crippen LogP contribution < -0.4 is 24.8 Å². The maximum absolute atomic E-state index is 12.2. The summed E-state index contributed by atoms with van der Waals surface area (Å²) in [6, 6.07) is 9.27. The molecule has 160 valence electrons. The first kappa shape index (κ1) is 22.8. The molecule has 10 heteroatoms. The Labute approximate surface area is 178 Å². The Morgan fingerprint density at radius 1 is 0.900 bits per heavy atom. The fourth-order valence-corrected chi connectivity index (χ4v) is 2.57. The van der Waals surface area contributed by atoms with Gasteiger partial charge in [-0.25, -0.2) is 0 Å². The number of hydrogen-bond donors (Lipinski definition) is 2. The molecule has 2 N–H and O–H groups in total. The number of nitrogens with one attached hydrogen (secondary N) is 2. The zero-order chi connectivity index (χ0) is 22.1. The summed E-state index contributed by atoms with van der Waals surface area (Å²) in [6.45, 7) is -0.957. The number of ether oxygens (including phenoxy) is 4. The number of amides is 2. The fourth-order valence-electron chi connectivity index (χ4n) is 2.39. The standard InChI is InChI=1S/C20H21ClN2O7/c1-27-15-7-5-13(21)9-14(15)23-18(24)11-30-19(25)10-22-20(26)12-4-6-16(28-2)17(8-12)29-3/h4-9H,10-11H2,1-3H3,(H,22,26)(H,23,24). The van der Waals surface area contributed by atoms with Gasteiger partial charge < -0.3 is 29.6 Å². The summed E-state index contributed by atoms with van der Waals surface area (Å²) in [4.78, 5) is 36.0. The molecule has 0 spiro atoms. The zero-order valence-electron chi connectivity index (χ0n) is 16.6. The number of rotatable bonds is 9. The van der Waals surface area contributed by atoms with Gasteiger partial charge in [0.2, 0.25) is 0 Å². The Hall–Kier alpha value is -3.46. The number of hydrogen-bond acceptors (Lipinski definition) is 7. The summed E-state index contributed by atoms with van der Waals surface area (Å²) >= 11 is 5.89. The molecular weight excluding hydrogens is 416 g/mol. The molecule has 0 heterocycles.